The number of benzene rings is 1. The second kappa shape index (κ2) is 5.48. The molecule has 4 heteroatoms. The molecule has 1 aliphatic carbocycles. The fourth-order valence-corrected chi connectivity index (χ4v) is 2.62. The molecule has 1 saturated carbocycles. The lowest BCUT2D eigenvalue weighted by Gasteiger charge is -2.17. The molecule has 0 aromatic heterocycles. The summed E-state index contributed by atoms with van der Waals surface area (Å²) in [6.07, 6.45) is 2.98. The molecule has 98 valence electrons. The zero-order chi connectivity index (χ0) is 13.1. The molecule has 0 bridgehead atoms. The van der Waals surface area contributed by atoms with Crippen molar-refractivity contribution in [3.05, 3.63) is 29.6 Å². The lowest BCUT2D eigenvalue weighted by molar-refractivity contribution is -0.120. The minimum Gasteiger partial charge on any atom is -0.330 e. The summed E-state index contributed by atoms with van der Waals surface area (Å²) < 4.78 is 13.1. The van der Waals surface area contributed by atoms with Crippen LogP contribution in [0.25, 0.3) is 0 Å². The van der Waals surface area contributed by atoms with Crippen LogP contribution in [-0.4, -0.2) is 12.5 Å². The zero-order valence-corrected chi connectivity index (χ0v) is 10.6. The second-order valence-electron chi connectivity index (χ2n) is 4.99. The molecule has 2 atom stereocenters. The van der Waals surface area contributed by atoms with Gasteiger partial charge in [0.1, 0.15) is 5.82 Å². The summed E-state index contributed by atoms with van der Waals surface area (Å²) in [4.78, 5) is 12.1. The minimum absolute atomic E-state index is 0.000333. The van der Waals surface area contributed by atoms with E-state index >= 15 is 0 Å². The normalized spacial score (nSPS) is 23.1. The lowest BCUT2D eigenvalue weighted by Crippen LogP contribution is -2.29. The van der Waals surface area contributed by atoms with Gasteiger partial charge in [0.15, 0.2) is 0 Å². The van der Waals surface area contributed by atoms with Gasteiger partial charge in [0.2, 0.25) is 5.91 Å². The Morgan fingerprint density at radius 3 is 2.94 bits per heavy atom. The van der Waals surface area contributed by atoms with Crippen molar-refractivity contribution < 1.29 is 9.18 Å². The molecular weight excluding hydrogens is 231 g/mol. The standard InChI is InChI=1S/C14H19FN2O/c1-9-7-11(5-6-13(9)15)17-14(18)12-4-2-3-10(12)8-16/h5-7,10,12H,2-4,8,16H2,1H3,(H,17,18). The lowest BCUT2D eigenvalue weighted by atomic mass is 9.95. The maximum Gasteiger partial charge on any atom is 0.227 e. The predicted molar refractivity (Wildman–Crippen MR) is 69.7 cm³/mol. The molecule has 1 aromatic rings. The molecular formula is C14H19FN2O. The molecule has 18 heavy (non-hydrogen) atoms. The van der Waals surface area contributed by atoms with Gasteiger partial charge >= 0.3 is 0 Å². The van der Waals surface area contributed by atoms with Crippen LogP contribution < -0.4 is 11.1 Å². The SMILES string of the molecule is Cc1cc(NC(=O)C2CCCC2CN)ccc1F. The summed E-state index contributed by atoms with van der Waals surface area (Å²) in [5.74, 6) is 0.0366. The third-order valence-corrected chi connectivity index (χ3v) is 3.72. The van der Waals surface area contributed by atoms with Crippen LogP contribution in [0.5, 0.6) is 0 Å². The monoisotopic (exact) mass is 250 g/mol. The second-order valence-corrected chi connectivity index (χ2v) is 4.99. The van der Waals surface area contributed by atoms with Crippen molar-refractivity contribution in [3.63, 3.8) is 0 Å². The molecule has 1 aliphatic rings. The highest BCUT2D eigenvalue weighted by Crippen LogP contribution is 2.31. The Morgan fingerprint density at radius 2 is 2.28 bits per heavy atom. The number of nitrogens with one attached hydrogen (secondary N) is 1. The van der Waals surface area contributed by atoms with E-state index < -0.39 is 0 Å². The molecule has 3 nitrogen and oxygen atoms in total. The Kier molecular flexibility index (Phi) is 3.97. The van der Waals surface area contributed by atoms with Gasteiger partial charge in [0, 0.05) is 11.6 Å². The molecule has 0 aliphatic heterocycles. The Bertz CT molecular complexity index is 447. The van der Waals surface area contributed by atoms with Crippen molar-refractivity contribution in [2.45, 2.75) is 26.2 Å². The first kappa shape index (κ1) is 13.0. The first-order valence-corrected chi connectivity index (χ1v) is 6.39. The quantitative estimate of drug-likeness (QED) is 0.865. The van der Waals surface area contributed by atoms with E-state index in [0.717, 1.165) is 19.3 Å². The minimum atomic E-state index is -0.256. The molecule has 0 saturated heterocycles. The molecule has 1 fully saturated rings. The number of aryl methyl sites for hydroxylation is 1. The number of nitrogens with two attached hydrogens (primary N) is 1. The van der Waals surface area contributed by atoms with E-state index in [1.54, 1.807) is 19.1 Å². The van der Waals surface area contributed by atoms with E-state index in [2.05, 4.69) is 5.32 Å². The largest absolute Gasteiger partial charge is 0.330 e. The van der Waals surface area contributed by atoms with Gasteiger partial charge in [-0.05, 0) is 56.0 Å². The topological polar surface area (TPSA) is 55.1 Å². The average molecular weight is 250 g/mol. The Hall–Kier alpha value is -1.42. The zero-order valence-electron chi connectivity index (χ0n) is 10.6. The highest BCUT2D eigenvalue weighted by molar-refractivity contribution is 5.93. The fourth-order valence-electron chi connectivity index (χ4n) is 2.62. The van der Waals surface area contributed by atoms with Gasteiger partial charge in [0.05, 0.1) is 0 Å². The molecule has 1 aromatic carbocycles. The van der Waals surface area contributed by atoms with E-state index in [9.17, 15) is 9.18 Å². The first-order valence-electron chi connectivity index (χ1n) is 6.39. The smallest absolute Gasteiger partial charge is 0.227 e. The molecule has 1 amide bonds. The Labute approximate surface area is 107 Å². The summed E-state index contributed by atoms with van der Waals surface area (Å²) in [6, 6.07) is 4.62. The maximum absolute atomic E-state index is 13.1. The van der Waals surface area contributed by atoms with Gasteiger partial charge in [-0.3, -0.25) is 4.79 Å². The highest BCUT2D eigenvalue weighted by atomic mass is 19.1. The fraction of sp³-hybridized carbons (Fsp3) is 0.500. The number of hydrogen-bond donors (Lipinski definition) is 2. The van der Waals surface area contributed by atoms with E-state index in [0.29, 0.717) is 17.8 Å². The highest BCUT2D eigenvalue weighted by Gasteiger charge is 2.31. The summed E-state index contributed by atoms with van der Waals surface area (Å²) >= 11 is 0. The van der Waals surface area contributed by atoms with E-state index in [1.807, 2.05) is 0 Å². The van der Waals surface area contributed by atoms with Gasteiger partial charge in [-0.2, -0.15) is 0 Å². The van der Waals surface area contributed by atoms with Gasteiger partial charge in [-0.15, -0.1) is 0 Å². The molecule has 3 N–H and O–H groups in total. The summed E-state index contributed by atoms with van der Waals surface area (Å²) in [5.41, 5.74) is 6.86. The number of carbonyl (C=O) groups excluding carboxylic acids is 1. The number of rotatable bonds is 3. The van der Waals surface area contributed by atoms with E-state index in [1.165, 1.54) is 6.07 Å². The van der Waals surface area contributed by atoms with Crippen LogP contribution in [0, 0.1) is 24.6 Å². The van der Waals surface area contributed by atoms with Crippen LogP contribution in [0.15, 0.2) is 18.2 Å². The number of anilines is 1. The van der Waals surface area contributed by atoms with Crippen LogP contribution in [0.3, 0.4) is 0 Å². The number of carbonyl (C=O) groups is 1. The van der Waals surface area contributed by atoms with Gasteiger partial charge in [0.25, 0.3) is 0 Å². The average Bonchev–Trinajstić information content (AvgIpc) is 2.82. The van der Waals surface area contributed by atoms with Crippen LogP contribution in [0.2, 0.25) is 0 Å². The van der Waals surface area contributed by atoms with E-state index in [4.69, 9.17) is 5.73 Å². The van der Waals surface area contributed by atoms with Crippen molar-refractivity contribution in [3.8, 4) is 0 Å². The van der Waals surface area contributed by atoms with E-state index in [-0.39, 0.29) is 23.6 Å². The van der Waals surface area contributed by atoms with Gasteiger partial charge in [-0.25, -0.2) is 4.39 Å². The molecule has 2 rings (SSSR count). The molecule has 0 spiro atoms. The van der Waals surface area contributed by atoms with Gasteiger partial charge < -0.3 is 11.1 Å². The molecule has 0 heterocycles. The third-order valence-electron chi connectivity index (χ3n) is 3.72. The van der Waals surface area contributed by atoms with Crippen molar-refractivity contribution in [1.29, 1.82) is 0 Å². The van der Waals surface area contributed by atoms with Gasteiger partial charge in [-0.1, -0.05) is 6.42 Å². The summed E-state index contributed by atoms with van der Waals surface area (Å²) in [6.45, 7) is 2.24. The summed E-state index contributed by atoms with van der Waals surface area (Å²) in [7, 11) is 0. The number of amides is 1. The Morgan fingerprint density at radius 1 is 1.50 bits per heavy atom. The summed E-state index contributed by atoms with van der Waals surface area (Å²) in [5, 5.41) is 2.86. The predicted octanol–water partition coefficient (Wildman–Crippen LogP) is 2.45. The maximum atomic E-state index is 13.1. The van der Waals surface area contributed by atoms with Crippen LogP contribution in [0.1, 0.15) is 24.8 Å². The Balaban J connectivity index is 2.04. The van der Waals surface area contributed by atoms with Crippen molar-refractivity contribution >= 4 is 11.6 Å². The number of hydrogen-bond acceptors (Lipinski definition) is 2. The van der Waals surface area contributed by atoms with Crippen molar-refractivity contribution in [1.82, 2.24) is 0 Å². The third kappa shape index (κ3) is 2.70. The first-order chi connectivity index (χ1) is 8.61. The number of halogens is 1. The van der Waals surface area contributed by atoms with Crippen LogP contribution in [0.4, 0.5) is 10.1 Å². The molecule has 2 unspecified atom stereocenters. The van der Waals surface area contributed by atoms with Crippen LogP contribution in [-0.2, 0) is 4.79 Å². The van der Waals surface area contributed by atoms with Crippen LogP contribution >= 0.6 is 0 Å². The molecule has 0 radical (unpaired) electrons. The van der Waals surface area contributed by atoms with Crippen molar-refractivity contribution in [2.24, 2.45) is 17.6 Å². The van der Waals surface area contributed by atoms with Crippen molar-refractivity contribution in [2.75, 3.05) is 11.9 Å².